The van der Waals surface area contributed by atoms with Gasteiger partial charge in [0, 0.05) is 18.8 Å². The van der Waals surface area contributed by atoms with Crippen LogP contribution < -0.4 is 16.4 Å². The van der Waals surface area contributed by atoms with Gasteiger partial charge in [-0.15, -0.1) is 0 Å². The van der Waals surface area contributed by atoms with Crippen LogP contribution in [0.15, 0.2) is 12.3 Å². The molecule has 0 radical (unpaired) electrons. The second-order valence-corrected chi connectivity index (χ2v) is 5.18. The van der Waals surface area contributed by atoms with E-state index >= 15 is 0 Å². The molecule has 2 unspecified atom stereocenters. The summed E-state index contributed by atoms with van der Waals surface area (Å²) in [5, 5.41) is 0.507. The first-order valence-electron chi connectivity index (χ1n) is 5.96. The third-order valence-corrected chi connectivity index (χ3v) is 3.62. The van der Waals surface area contributed by atoms with E-state index in [1.54, 1.807) is 12.3 Å². The Bertz CT molecular complexity index is 465. The maximum absolute atomic E-state index is 11.3. The number of aromatic nitrogens is 1. The minimum Gasteiger partial charge on any atom is -0.396 e. The topological polar surface area (TPSA) is 85.2 Å². The van der Waals surface area contributed by atoms with Gasteiger partial charge in [-0.1, -0.05) is 11.6 Å². The summed E-state index contributed by atoms with van der Waals surface area (Å²) in [4.78, 5) is 17.6. The van der Waals surface area contributed by atoms with Crippen LogP contribution in [0, 0.1) is 5.92 Å². The van der Waals surface area contributed by atoms with E-state index in [0.29, 0.717) is 23.1 Å². The van der Waals surface area contributed by atoms with Gasteiger partial charge in [0.15, 0.2) is 5.82 Å². The van der Waals surface area contributed by atoms with Crippen molar-refractivity contribution >= 4 is 29.0 Å². The Morgan fingerprint density at radius 2 is 2.28 bits per heavy atom. The largest absolute Gasteiger partial charge is 0.396 e. The van der Waals surface area contributed by atoms with Gasteiger partial charge >= 0.3 is 0 Å². The molecule has 0 saturated carbocycles. The summed E-state index contributed by atoms with van der Waals surface area (Å²) in [5.41, 5.74) is 11.8. The molecule has 0 bridgehead atoms. The smallest absolute Gasteiger partial charge is 0.222 e. The van der Waals surface area contributed by atoms with Gasteiger partial charge < -0.3 is 16.4 Å². The summed E-state index contributed by atoms with van der Waals surface area (Å²) in [5.74, 6) is 0.273. The minimum atomic E-state index is -0.264. The van der Waals surface area contributed by atoms with Gasteiger partial charge in [0.2, 0.25) is 5.91 Å². The number of pyridine rings is 1. The van der Waals surface area contributed by atoms with Crippen LogP contribution in [0.5, 0.6) is 0 Å². The zero-order valence-electron chi connectivity index (χ0n) is 10.3. The summed E-state index contributed by atoms with van der Waals surface area (Å²) >= 11 is 5.84. The van der Waals surface area contributed by atoms with Crippen LogP contribution in [0.3, 0.4) is 0 Å². The molecule has 98 valence electrons. The van der Waals surface area contributed by atoms with Crippen LogP contribution in [0.25, 0.3) is 0 Å². The minimum absolute atomic E-state index is 0.141. The Balaban J connectivity index is 2.26. The molecular weight excluding hydrogens is 252 g/mol. The highest BCUT2D eigenvalue weighted by molar-refractivity contribution is 6.30. The van der Waals surface area contributed by atoms with Gasteiger partial charge in [-0.05, 0) is 25.8 Å². The number of amides is 1. The van der Waals surface area contributed by atoms with Gasteiger partial charge in [-0.25, -0.2) is 4.98 Å². The van der Waals surface area contributed by atoms with E-state index in [1.807, 2.05) is 4.90 Å². The van der Waals surface area contributed by atoms with Gasteiger partial charge in [-0.3, -0.25) is 4.79 Å². The summed E-state index contributed by atoms with van der Waals surface area (Å²) < 4.78 is 0. The van der Waals surface area contributed by atoms with Crippen molar-refractivity contribution in [2.75, 3.05) is 17.2 Å². The molecule has 18 heavy (non-hydrogen) atoms. The number of hydrogen-bond donors (Lipinski definition) is 2. The van der Waals surface area contributed by atoms with E-state index in [4.69, 9.17) is 23.1 Å². The number of piperidine rings is 1. The lowest BCUT2D eigenvalue weighted by Gasteiger charge is -2.38. The molecule has 1 fully saturated rings. The van der Waals surface area contributed by atoms with Crippen molar-refractivity contribution in [1.29, 1.82) is 0 Å². The highest BCUT2D eigenvalue weighted by atomic mass is 35.5. The molecule has 0 aliphatic carbocycles. The van der Waals surface area contributed by atoms with E-state index in [1.165, 1.54) is 0 Å². The first kappa shape index (κ1) is 13.0. The van der Waals surface area contributed by atoms with E-state index in [9.17, 15) is 4.79 Å². The number of hydrogen-bond acceptors (Lipinski definition) is 4. The quantitative estimate of drug-likeness (QED) is 0.849. The van der Waals surface area contributed by atoms with Crippen LogP contribution >= 0.6 is 11.6 Å². The molecule has 1 aliphatic rings. The molecule has 1 aromatic rings. The van der Waals surface area contributed by atoms with E-state index in [2.05, 4.69) is 11.9 Å². The molecule has 1 amide bonds. The first-order chi connectivity index (χ1) is 8.49. The number of rotatable bonds is 2. The SMILES string of the molecule is CC1CCC(C(N)=O)CN1c1ncc(Cl)cc1N. The summed E-state index contributed by atoms with van der Waals surface area (Å²) in [6.07, 6.45) is 3.28. The maximum atomic E-state index is 11.3. The van der Waals surface area contributed by atoms with Gasteiger partial charge in [0.25, 0.3) is 0 Å². The second-order valence-electron chi connectivity index (χ2n) is 4.74. The zero-order valence-corrected chi connectivity index (χ0v) is 11.0. The Labute approximate surface area is 111 Å². The Kier molecular flexibility index (Phi) is 3.61. The summed E-state index contributed by atoms with van der Waals surface area (Å²) in [6.45, 7) is 2.66. The molecule has 1 aromatic heterocycles. The fourth-order valence-corrected chi connectivity index (χ4v) is 2.49. The number of primary amides is 1. The number of nitrogens with two attached hydrogens (primary N) is 2. The van der Waals surface area contributed by atoms with Crippen molar-refractivity contribution in [2.24, 2.45) is 11.7 Å². The standard InChI is InChI=1S/C12H17ClN4O/c1-7-2-3-8(11(15)18)6-17(7)12-10(14)4-9(13)5-16-12/h4-5,7-8H,2-3,6,14H2,1H3,(H2,15,18). The fraction of sp³-hybridized carbons (Fsp3) is 0.500. The molecule has 2 rings (SSSR count). The molecular formula is C12H17ClN4O. The van der Waals surface area contributed by atoms with E-state index in [-0.39, 0.29) is 17.9 Å². The average Bonchev–Trinajstić information content (AvgIpc) is 2.30. The van der Waals surface area contributed by atoms with Crippen molar-refractivity contribution in [3.05, 3.63) is 17.3 Å². The number of anilines is 2. The Morgan fingerprint density at radius 3 is 2.89 bits per heavy atom. The van der Waals surface area contributed by atoms with Gasteiger partial charge in [-0.2, -0.15) is 0 Å². The molecule has 2 atom stereocenters. The Morgan fingerprint density at radius 1 is 1.56 bits per heavy atom. The number of nitrogen functional groups attached to an aromatic ring is 1. The Hall–Kier alpha value is -1.49. The predicted molar refractivity (Wildman–Crippen MR) is 72.4 cm³/mol. The molecule has 2 heterocycles. The van der Waals surface area contributed by atoms with Crippen molar-refractivity contribution in [3.63, 3.8) is 0 Å². The summed E-state index contributed by atoms with van der Waals surface area (Å²) in [6, 6.07) is 1.96. The van der Waals surface area contributed by atoms with E-state index < -0.39 is 0 Å². The molecule has 0 spiro atoms. The third-order valence-electron chi connectivity index (χ3n) is 3.42. The number of carbonyl (C=O) groups excluding carboxylic acids is 1. The fourth-order valence-electron chi connectivity index (χ4n) is 2.32. The third kappa shape index (κ3) is 2.51. The monoisotopic (exact) mass is 268 g/mol. The molecule has 0 aromatic carbocycles. The van der Waals surface area contributed by atoms with Crippen LogP contribution in [0.2, 0.25) is 5.02 Å². The average molecular weight is 269 g/mol. The van der Waals surface area contributed by atoms with Crippen molar-refractivity contribution in [2.45, 2.75) is 25.8 Å². The molecule has 4 N–H and O–H groups in total. The van der Waals surface area contributed by atoms with Crippen molar-refractivity contribution in [3.8, 4) is 0 Å². The normalized spacial score (nSPS) is 24.0. The van der Waals surface area contributed by atoms with Gasteiger partial charge in [0.05, 0.1) is 16.6 Å². The lowest BCUT2D eigenvalue weighted by molar-refractivity contribution is -0.122. The van der Waals surface area contributed by atoms with Crippen LogP contribution in [-0.2, 0) is 4.79 Å². The number of carbonyl (C=O) groups is 1. The van der Waals surface area contributed by atoms with Crippen LogP contribution in [0.1, 0.15) is 19.8 Å². The molecule has 6 heteroatoms. The maximum Gasteiger partial charge on any atom is 0.222 e. The van der Waals surface area contributed by atoms with Crippen LogP contribution in [0.4, 0.5) is 11.5 Å². The molecule has 1 saturated heterocycles. The van der Waals surface area contributed by atoms with Crippen molar-refractivity contribution < 1.29 is 4.79 Å². The van der Waals surface area contributed by atoms with E-state index in [0.717, 1.165) is 12.8 Å². The first-order valence-corrected chi connectivity index (χ1v) is 6.34. The lowest BCUT2D eigenvalue weighted by Crippen LogP contribution is -2.46. The van der Waals surface area contributed by atoms with Gasteiger partial charge in [0.1, 0.15) is 0 Å². The van der Waals surface area contributed by atoms with Crippen LogP contribution in [-0.4, -0.2) is 23.5 Å². The molecule has 5 nitrogen and oxygen atoms in total. The summed E-state index contributed by atoms with van der Waals surface area (Å²) in [7, 11) is 0. The number of halogens is 1. The zero-order chi connectivity index (χ0) is 13.3. The van der Waals surface area contributed by atoms with Crippen molar-refractivity contribution in [1.82, 2.24) is 4.98 Å². The highest BCUT2D eigenvalue weighted by Crippen LogP contribution is 2.30. The lowest BCUT2D eigenvalue weighted by atomic mass is 9.93. The molecule has 1 aliphatic heterocycles. The number of nitrogens with zero attached hydrogens (tertiary/aromatic N) is 2. The highest BCUT2D eigenvalue weighted by Gasteiger charge is 2.30. The predicted octanol–water partition coefficient (Wildman–Crippen LogP) is 1.41. The second kappa shape index (κ2) is 5.02.